The van der Waals surface area contributed by atoms with E-state index in [-0.39, 0.29) is 0 Å². The summed E-state index contributed by atoms with van der Waals surface area (Å²) in [7, 11) is 0. The van der Waals surface area contributed by atoms with Gasteiger partial charge in [-0.3, -0.25) is 0 Å². The Labute approximate surface area is 100 Å². The molecule has 83 valence electrons. The van der Waals surface area contributed by atoms with E-state index in [4.69, 9.17) is 0 Å². The minimum Gasteiger partial charge on any atom is -0.233 e. The average molecular weight is 221 g/mol. The Hall–Kier alpha value is -1.60. The van der Waals surface area contributed by atoms with Crippen molar-refractivity contribution >= 4 is 16.8 Å². The number of allylic oxidation sites excluding steroid dienone is 1. The van der Waals surface area contributed by atoms with Gasteiger partial charge in [-0.1, -0.05) is 42.5 Å². The average Bonchev–Trinajstić information content (AvgIpc) is 2.35. The molecule has 4 rings (SSSR count). The molecule has 2 unspecified atom stereocenters. The number of rotatable bonds is 0. The van der Waals surface area contributed by atoms with E-state index in [1.165, 1.54) is 27.5 Å². The van der Waals surface area contributed by atoms with E-state index >= 15 is 0 Å². The maximum absolute atomic E-state index is 11.8. The topological polar surface area (TPSA) is 19.9 Å². The molecular formula is C16H13O. The molecule has 2 aliphatic rings. The van der Waals surface area contributed by atoms with Crippen molar-refractivity contribution in [3.05, 3.63) is 53.1 Å². The first-order valence-electron chi connectivity index (χ1n) is 6.21. The van der Waals surface area contributed by atoms with Crippen LogP contribution in [0.25, 0.3) is 16.8 Å². The first-order valence-corrected chi connectivity index (χ1v) is 6.21. The lowest BCUT2D eigenvalue weighted by atomic mass is 9.75. The Morgan fingerprint density at radius 2 is 2.06 bits per heavy atom. The van der Waals surface area contributed by atoms with Crippen molar-refractivity contribution in [3.8, 4) is 0 Å². The predicted octanol–water partition coefficient (Wildman–Crippen LogP) is 3.70. The van der Waals surface area contributed by atoms with E-state index in [0.717, 1.165) is 6.42 Å². The summed E-state index contributed by atoms with van der Waals surface area (Å²) in [6.45, 7) is 0. The molecule has 0 bridgehead atoms. The monoisotopic (exact) mass is 221 g/mol. The third kappa shape index (κ3) is 1.23. The lowest BCUT2D eigenvalue weighted by Crippen LogP contribution is -2.22. The summed E-state index contributed by atoms with van der Waals surface area (Å²) in [6.07, 6.45) is 5.42. The van der Waals surface area contributed by atoms with Gasteiger partial charge in [0.25, 0.3) is 0 Å². The van der Waals surface area contributed by atoms with E-state index in [9.17, 15) is 5.11 Å². The second kappa shape index (κ2) is 3.21. The van der Waals surface area contributed by atoms with Crippen LogP contribution in [0.5, 0.6) is 0 Å². The minimum atomic E-state index is -0.431. The van der Waals surface area contributed by atoms with Gasteiger partial charge in [-0.05, 0) is 33.9 Å². The van der Waals surface area contributed by atoms with E-state index in [1.54, 1.807) is 0 Å². The van der Waals surface area contributed by atoms with Crippen LogP contribution in [0.3, 0.4) is 0 Å². The number of benzene rings is 2. The third-order valence-electron chi connectivity index (χ3n) is 4.05. The van der Waals surface area contributed by atoms with Crippen LogP contribution in [0, 0.1) is 0 Å². The molecule has 2 atom stereocenters. The number of hydrogen-bond donors (Lipinski definition) is 0. The molecule has 0 spiro atoms. The van der Waals surface area contributed by atoms with Gasteiger partial charge in [-0.2, -0.15) is 0 Å². The fraction of sp³-hybridized carbons (Fsp3) is 0.250. The molecule has 0 aromatic heterocycles. The molecule has 2 aromatic rings. The second-order valence-electron chi connectivity index (χ2n) is 5.11. The first kappa shape index (κ1) is 9.43. The van der Waals surface area contributed by atoms with Gasteiger partial charge >= 0.3 is 0 Å². The molecule has 1 radical (unpaired) electrons. The van der Waals surface area contributed by atoms with Crippen molar-refractivity contribution in [2.75, 3.05) is 0 Å². The highest BCUT2D eigenvalue weighted by Gasteiger charge is 2.28. The van der Waals surface area contributed by atoms with Crippen LogP contribution in [-0.4, -0.2) is 6.10 Å². The second-order valence-corrected chi connectivity index (χ2v) is 5.11. The SMILES string of the molecule is [O]C1Cc2ccc3cccc4c3c2C(C=C4)C1. The van der Waals surface area contributed by atoms with Crippen LogP contribution in [-0.2, 0) is 11.5 Å². The Morgan fingerprint density at radius 1 is 1.12 bits per heavy atom. The van der Waals surface area contributed by atoms with Gasteiger partial charge in [-0.15, -0.1) is 0 Å². The molecule has 0 amide bonds. The van der Waals surface area contributed by atoms with E-state index in [2.05, 4.69) is 42.5 Å². The lowest BCUT2D eigenvalue weighted by Gasteiger charge is -2.30. The van der Waals surface area contributed by atoms with Crippen molar-refractivity contribution in [3.63, 3.8) is 0 Å². The molecule has 2 aromatic carbocycles. The fourth-order valence-electron chi connectivity index (χ4n) is 3.34. The molecule has 2 aliphatic carbocycles. The Bertz CT molecular complexity index is 639. The van der Waals surface area contributed by atoms with Crippen molar-refractivity contribution < 1.29 is 5.11 Å². The lowest BCUT2D eigenvalue weighted by molar-refractivity contribution is 0.0732. The van der Waals surface area contributed by atoms with Crippen molar-refractivity contribution in [1.29, 1.82) is 0 Å². The third-order valence-corrected chi connectivity index (χ3v) is 4.05. The van der Waals surface area contributed by atoms with Crippen molar-refractivity contribution in [2.45, 2.75) is 24.9 Å². The van der Waals surface area contributed by atoms with E-state index < -0.39 is 6.10 Å². The molecule has 17 heavy (non-hydrogen) atoms. The van der Waals surface area contributed by atoms with E-state index in [0.29, 0.717) is 12.3 Å². The standard InChI is InChI=1S/C16H13O/c17-14-8-12-6-4-10-2-1-3-11-5-7-13(9-14)16(12)15(10)11/h1-7,12,14H,8-9H2. The van der Waals surface area contributed by atoms with Crippen LogP contribution in [0.4, 0.5) is 0 Å². The van der Waals surface area contributed by atoms with Crippen LogP contribution in [0.1, 0.15) is 29.0 Å². The van der Waals surface area contributed by atoms with Crippen LogP contribution in [0.2, 0.25) is 0 Å². The molecule has 0 saturated carbocycles. The maximum Gasteiger partial charge on any atom is 0.0979 e. The van der Waals surface area contributed by atoms with Gasteiger partial charge in [0.15, 0.2) is 0 Å². The first-order chi connectivity index (χ1) is 8.33. The molecule has 0 saturated heterocycles. The smallest absolute Gasteiger partial charge is 0.0979 e. The highest BCUT2D eigenvalue weighted by molar-refractivity contribution is 5.96. The zero-order chi connectivity index (χ0) is 11.4. The Kier molecular flexibility index (Phi) is 1.78. The molecular weight excluding hydrogens is 208 g/mol. The van der Waals surface area contributed by atoms with Crippen LogP contribution >= 0.6 is 0 Å². The minimum absolute atomic E-state index is 0.347. The van der Waals surface area contributed by atoms with Crippen molar-refractivity contribution in [1.82, 2.24) is 0 Å². The largest absolute Gasteiger partial charge is 0.233 e. The van der Waals surface area contributed by atoms with Gasteiger partial charge in [0, 0.05) is 12.3 Å². The quantitative estimate of drug-likeness (QED) is 0.646. The summed E-state index contributed by atoms with van der Waals surface area (Å²) in [5.41, 5.74) is 4.00. The molecule has 0 N–H and O–H groups in total. The number of hydrogen-bond acceptors (Lipinski definition) is 0. The van der Waals surface area contributed by atoms with E-state index in [1.807, 2.05) is 0 Å². The summed E-state index contributed by atoms with van der Waals surface area (Å²) in [5, 5.41) is 14.5. The molecule has 1 heteroatoms. The highest BCUT2D eigenvalue weighted by Crippen LogP contribution is 2.42. The van der Waals surface area contributed by atoms with Gasteiger partial charge in [0.1, 0.15) is 0 Å². The Balaban J connectivity index is 2.14. The summed E-state index contributed by atoms with van der Waals surface area (Å²) in [5.74, 6) is 0.347. The molecule has 0 heterocycles. The molecule has 0 fully saturated rings. The zero-order valence-corrected chi connectivity index (χ0v) is 9.52. The molecule has 0 aliphatic heterocycles. The summed E-state index contributed by atoms with van der Waals surface area (Å²) in [6, 6.07) is 10.7. The Morgan fingerprint density at radius 3 is 3.00 bits per heavy atom. The van der Waals surface area contributed by atoms with Gasteiger partial charge in [0.2, 0.25) is 0 Å². The fourth-order valence-corrected chi connectivity index (χ4v) is 3.34. The van der Waals surface area contributed by atoms with Crippen LogP contribution in [0.15, 0.2) is 36.4 Å². The normalized spacial score (nSPS) is 25.2. The van der Waals surface area contributed by atoms with Gasteiger partial charge in [-0.25, -0.2) is 5.11 Å². The van der Waals surface area contributed by atoms with Gasteiger partial charge < -0.3 is 0 Å². The summed E-state index contributed by atoms with van der Waals surface area (Å²) in [4.78, 5) is 0. The predicted molar refractivity (Wildman–Crippen MR) is 68.5 cm³/mol. The molecule has 1 nitrogen and oxygen atoms in total. The summed E-state index contributed by atoms with van der Waals surface area (Å²) < 4.78 is 0. The van der Waals surface area contributed by atoms with Crippen molar-refractivity contribution in [2.24, 2.45) is 0 Å². The summed E-state index contributed by atoms with van der Waals surface area (Å²) >= 11 is 0. The highest BCUT2D eigenvalue weighted by atomic mass is 16.3. The van der Waals surface area contributed by atoms with Gasteiger partial charge in [0.05, 0.1) is 6.10 Å². The maximum atomic E-state index is 11.8. The zero-order valence-electron chi connectivity index (χ0n) is 9.52. The van der Waals surface area contributed by atoms with Crippen LogP contribution < -0.4 is 0 Å².